The van der Waals surface area contributed by atoms with Gasteiger partial charge in [0.2, 0.25) is 5.88 Å². The Bertz CT molecular complexity index is 528. The lowest BCUT2D eigenvalue weighted by Crippen LogP contribution is -2.13. The number of nitrogens with zero attached hydrogens (tertiary/aromatic N) is 2. The standard InChI is InChI=1S/C14H17N3O/c1-17(12-7-8-16-14(9-12)18-2)13-6-4-3-5-11(13)10-15/h3-9H,10,15H2,1-2H3. The number of rotatable bonds is 4. The normalized spacial score (nSPS) is 10.2. The maximum absolute atomic E-state index is 5.76. The van der Waals surface area contributed by atoms with Gasteiger partial charge < -0.3 is 15.4 Å². The zero-order chi connectivity index (χ0) is 13.0. The zero-order valence-electron chi connectivity index (χ0n) is 10.6. The molecule has 0 radical (unpaired) electrons. The van der Waals surface area contributed by atoms with Crippen LogP contribution in [0.15, 0.2) is 42.6 Å². The summed E-state index contributed by atoms with van der Waals surface area (Å²) in [6.45, 7) is 0.517. The molecule has 4 nitrogen and oxygen atoms in total. The van der Waals surface area contributed by atoms with Crippen LogP contribution in [0.25, 0.3) is 0 Å². The topological polar surface area (TPSA) is 51.4 Å². The first kappa shape index (κ1) is 12.4. The van der Waals surface area contributed by atoms with E-state index in [0.717, 1.165) is 16.9 Å². The van der Waals surface area contributed by atoms with Crippen LogP contribution in [0.1, 0.15) is 5.56 Å². The van der Waals surface area contributed by atoms with Crippen LogP contribution in [0.3, 0.4) is 0 Å². The Balaban J connectivity index is 2.37. The van der Waals surface area contributed by atoms with Crippen LogP contribution >= 0.6 is 0 Å². The van der Waals surface area contributed by atoms with Gasteiger partial charge in [0, 0.05) is 37.2 Å². The fourth-order valence-corrected chi connectivity index (χ4v) is 1.87. The molecule has 4 heteroatoms. The van der Waals surface area contributed by atoms with Crippen molar-refractivity contribution in [2.75, 3.05) is 19.1 Å². The molecule has 2 N–H and O–H groups in total. The summed E-state index contributed by atoms with van der Waals surface area (Å²) in [5.41, 5.74) is 8.97. The van der Waals surface area contributed by atoms with E-state index in [9.17, 15) is 0 Å². The molecule has 0 fully saturated rings. The maximum Gasteiger partial charge on any atom is 0.214 e. The number of anilines is 2. The fourth-order valence-electron chi connectivity index (χ4n) is 1.87. The molecule has 0 amide bonds. The summed E-state index contributed by atoms with van der Waals surface area (Å²) in [4.78, 5) is 6.18. The molecule has 2 rings (SSSR count). The minimum atomic E-state index is 0.517. The van der Waals surface area contributed by atoms with Gasteiger partial charge in [-0.1, -0.05) is 18.2 Å². The molecule has 1 heterocycles. The number of para-hydroxylation sites is 1. The predicted octanol–water partition coefficient (Wildman–Crippen LogP) is 2.32. The Hall–Kier alpha value is -2.07. The maximum atomic E-state index is 5.76. The van der Waals surface area contributed by atoms with Gasteiger partial charge in [-0.05, 0) is 17.7 Å². The van der Waals surface area contributed by atoms with Crippen molar-refractivity contribution in [3.8, 4) is 5.88 Å². The highest BCUT2D eigenvalue weighted by molar-refractivity contribution is 5.66. The number of benzene rings is 1. The first-order valence-electron chi connectivity index (χ1n) is 5.78. The van der Waals surface area contributed by atoms with Gasteiger partial charge in [-0.15, -0.1) is 0 Å². The van der Waals surface area contributed by atoms with Gasteiger partial charge in [-0.2, -0.15) is 0 Å². The molecule has 2 aromatic rings. The summed E-state index contributed by atoms with van der Waals surface area (Å²) in [6, 6.07) is 11.9. The molecule has 94 valence electrons. The highest BCUT2D eigenvalue weighted by Gasteiger charge is 2.08. The second kappa shape index (κ2) is 5.51. The van der Waals surface area contributed by atoms with Crippen LogP contribution in [0, 0.1) is 0 Å². The molecule has 0 atom stereocenters. The average molecular weight is 243 g/mol. The van der Waals surface area contributed by atoms with E-state index < -0.39 is 0 Å². The number of hydrogen-bond acceptors (Lipinski definition) is 4. The van der Waals surface area contributed by atoms with Crippen molar-refractivity contribution in [1.82, 2.24) is 4.98 Å². The van der Waals surface area contributed by atoms with Crippen molar-refractivity contribution < 1.29 is 4.74 Å². The lowest BCUT2D eigenvalue weighted by molar-refractivity contribution is 0.398. The number of ether oxygens (including phenoxy) is 1. The molecule has 0 aliphatic rings. The molecule has 0 saturated heterocycles. The van der Waals surface area contributed by atoms with Gasteiger partial charge in [0.25, 0.3) is 0 Å². The van der Waals surface area contributed by atoms with Gasteiger partial charge in [-0.3, -0.25) is 0 Å². The van der Waals surface area contributed by atoms with Crippen molar-refractivity contribution in [3.63, 3.8) is 0 Å². The van der Waals surface area contributed by atoms with Crippen LogP contribution in [-0.2, 0) is 6.54 Å². The molecule has 1 aromatic heterocycles. The van der Waals surface area contributed by atoms with E-state index >= 15 is 0 Å². The Kier molecular flexibility index (Phi) is 3.79. The number of pyridine rings is 1. The molecule has 0 saturated carbocycles. The van der Waals surface area contributed by atoms with Crippen molar-refractivity contribution >= 4 is 11.4 Å². The van der Waals surface area contributed by atoms with Crippen LogP contribution in [0.2, 0.25) is 0 Å². The van der Waals surface area contributed by atoms with Crippen LogP contribution < -0.4 is 15.4 Å². The molecule has 0 bridgehead atoms. The Labute approximate surface area is 107 Å². The van der Waals surface area contributed by atoms with Crippen molar-refractivity contribution in [2.45, 2.75) is 6.54 Å². The summed E-state index contributed by atoms with van der Waals surface area (Å²) in [7, 11) is 3.61. The Morgan fingerprint density at radius 3 is 2.78 bits per heavy atom. The Morgan fingerprint density at radius 2 is 2.06 bits per heavy atom. The van der Waals surface area contributed by atoms with Gasteiger partial charge in [0.15, 0.2) is 0 Å². The number of aromatic nitrogens is 1. The van der Waals surface area contributed by atoms with E-state index in [1.165, 1.54) is 0 Å². The first-order chi connectivity index (χ1) is 8.76. The minimum Gasteiger partial charge on any atom is -0.481 e. The fraction of sp³-hybridized carbons (Fsp3) is 0.214. The number of methoxy groups -OCH3 is 1. The molecule has 1 aromatic carbocycles. The number of hydrogen-bond donors (Lipinski definition) is 1. The molecule has 0 unspecified atom stereocenters. The van der Waals surface area contributed by atoms with E-state index in [-0.39, 0.29) is 0 Å². The van der Waals surface area contributed by atoms with Gasteiger partial charge >= 0.3 is 0 Å². The quantitative estimate of drug-likeness (QED) is 0.895. The van der Waals surface area contributed by atoms with Crippen LogP contribution in [-0.4, -0.2) is 19.1 Å². The highest BCUT2D eigenvalue weighted by atomic mass is 16.5. The van der Waals surface area contributed by atoms with E-state index in [1.807, 2.05) is 37.4 Å². The second-order valence-corrected chi connectivity index (χ2v) is 3.95. The summed E-state index contributed by atoms with van der Waals surface area (Å²) in [5, 5.41) is 0. The zero-order valence-corrected chi connectivity index (χ0v) is 10.6. The lowest BCUT2D eigenvalue weighted by Gasteiger charge is -2.22. The SMILES string of the molecule is COc1cc(N(C)c2ccccc2CN)ccn1. The lowest BCUT2D eigenvalue weighted by atomic mass is 10.1. The summed E-state index contributed by atoms with van der Waals surface area (Å²) in [5.74, 6) is 0.601. The average Bonchev–Trinajstić information content (AvgIpc) is 2.46. The van der Waals surface area contributed by atoms with Gasteiger partial charge in [-0.25, -0.2) is 4.98 Å². The molecular formula is C14H17N3O. The predicted molar refractivity (Wildman–Crippen MR) is 73.2 cm³/mol. The first-order valence-corrected chi connectivity index (χ1v) is 5.78. The molecule has 18 heavy (non-hydrogen) atoms. The van der Waals surface area contributed by atoms with E-state index in [4.69, 9.17) is 10.5 Å². The molecular weight excluding hydrogens is 226 g/mol. The third kappa shape index (κ3) is 2.43. The second-order valence-electron chi connectivity index (χ2n) is 3.95. The monoisotopic (exact) mass is 243 g/mol. The largest absolute Gasteiger partial charge is 0.481 e. The van der Waals surface area contributed by atoms with E-state index in [1.54, 1.807) is 13.3 Å². The third-order valence-corrected chi connectivity index (χ3v) is 2.89. The summed E-state index contributed by atoms with van der Waals surface area (Å²) in [6.07, 6.45) is 1.73. The van der Waals surface area contributed by atoms with Crippen LogP contribution in [0.5, 0.6) is 5.88 Å². The highest BCUT2D eigenvalue weighted by Crippen LogP contribution is 2.28. The molecule has 0 spiro atoms. The summed E-state index contributed by atoms with van der Waals surface area (Å²) < 4.78 is 5.13. The summed E-state index contributed by atoms with van der Waals surface area (Å²) >= 11 is 0. The Morgan fingerprint density at radius 1 is 1.28 bits per heavy atom. The third-order valence-electron chi connectivity index (χ3n) is 2.89. The van der Waals surface area contributed by atoms with Gasteiger partial charge in [0.05, 0.1) is 7.11 Å². The van der Waals surface area contributed by atoms with E-state index in [0.29, 0.717) is 12.4 Å². The smallest absolute Gasteiger partial charge is 0.214 e. The minimum absolute atomic E-state index is 0.517. The van der Waals surface area contributed by atoms with Crippen molar-refractivity contribution in [2.24, 2.45) is 5.73 Å². The van der Waals surface area contributed by atoms with Crippen LogP contribution in [0.4, 0.5) is 11.4 Å². The molecule has 0 aliphatic heterocycles. The molecule has 0 aliphatic carbocycles. The van der Waals surface area contributed by atoms with E-state index in [2.05, 4.69) is 16.0 Å². The van der Waals surface area contributed by atoms with Crippen molar-refractivity contribution in [3.05, 3.63) is 48.2 Å². The van der Waals surface area contributed by atoms with Crippen molar-refractivity contribution in [1.29, 1.82) is 0 Å². The number of nitrogens with two attached hydrogens (primary N) is 1. The van der Waals surface area contributed by atoms with Gasteiger partial charge in [0.1, 0.15) is 0 Å².